The highest BCUT2D eigenvalue weighted by atomic mass is 28.2. The van der Waals surface area contributed by atoms with E-state index in [0.29, 0.717) is 5.56 Å². The quantitative estimate of drug-likeness (QED) is 0.350. The summed E-state index contributed by atoms with van der Waals surface area (Å²) in [5.41, 5.74) is 6.96. The lowest BCUT2D eigenvalue weighted by molar-refractivity contribution is -0.141. The van der Waals surface area contributed by atoms with Crippen molar-refractivity contribution in [2.45, 2.75) is 51.0 Å². The number of esters is 1. The van der Waals surface area contributed by atoms with Crippen molar-refractivity contribution in [1.82, 2.24) is 4.90 Å². The molecule has 0 bridgehead atoms. The van der Waals surface area contributed by atoms with Crippen LogP contribution >= 0.6 is 0 Å². The maximum atomic E-state index is 13.0. The fourth-order valence-electron chi connectivity index (χ4n) is 3.46. The highest BCUT2D eigenvalue weighted by Gasteiger charge is 2.41. The fraction of sp³-hybridized carbons (Fsp3) is 0.500. The number of benzene rings is 1. The smallest absolute Gasteiger partial charge is 0.305 e. The first-order valence-corrected chi connectivity index (χ1v) is 9.44. The number of nitrogens with two attached hydrogens (primary N) is 1. The van der Waals surface area contributed by atoms with E-state index in [9.17, 15) is 14.4 Å². The predicted octanol–water partition coefficient (Wildman–Crippen LogP) is 0.253. The van der Waals surface area contributed by atoms with E-state index in [-0.39, 0.29) is 25.3 Å². The second-order valence-electron chi connectivity index (χ2n) is 7.09. The van der Waals surface area contributed by atoms with Crippen LogP contribution in [0.15, 0.2) is 18.2 Å². The summed E-state index contributed by atoms with van der Waals surface area (Å²) in [6.07, 6.45) is -0.612. The van der Waals surface area contributed by atoms with E-state index < -0.39 is 29.6 Å². The normalized spacial score (nSPS) is 14.9. The van der Waals surface area contributed by atoms with Crippen LogP contribution in [-0.4, -0.2) is 63.1 Å². The van der Waals surface area contributed by atoms with E-state index in [2.05, 4.69) is 25.7 Å². The molecule has 8 nitrogen and oxygen atoms in total. The summed E-state index contributed by atoms with van der Waals surface area (Å²) in [6, 6.07) is 4.44. The summed E-state index contributed by atoms with van der Waals surface area (Å²) in [7, 11) is 7.29. The van der Waals surface area contributed by atoms with Crippen LogP contribution in [0.25, 0.3) is 0 Å². The van der Waals surface area contributed by atoms with Crippen molar-refractivity contribution in [2.24, 2.45) is 5.73 Å². The van der Waals surface area contributed by atoms with Crippen molar-refractivity contribution in [3.8, 4) is 0 Å². The second kappa shape index (κ2) is 8.99. The largest absolute Gasteiger partial charge is 0.469 e. The molecule has 2 rings (SSSR count). The molecule has 1 atom stereocenters. The van der Waals surface area contributed by atoms with E-state index >= 15 is 0 Å². The Labute approximate surface area is 170 Å². The molecular weight excluding hydrogens is 396 g/mol. The van der Waals surface area contributed by atoms with Crippen LogP contribution in [0.3, 0.4) is 0 Å². The zero-order valence-corrected chi connectivity index (χ0v) is 18.0. The molecule has 0 spiro atoms. The maximum absolute atomic E-state index is 13.0. The van der Waals surface area contributed by atoms with Gasteiger partial charge in [0.05, 0.1) is 7.11 Å². The number of carbonyl (C=O) groups is 3. The van der Waals surface area contributed by atoms with Crippen molar-refractivity contribution >= 4 is 38.8 Å². The third kappa shape index (κ3) is 4.19. The van der Waals surface area contributed by atoms with Crippen LogP contribution in [0, 0.1) is 0 Å². The van der Waals surface area contributed by atoms with Gasteiger partial charge in [0.2, 0.25) is 26.9 Å². The minimum absolute atomic E-state index is 0.0148. The maximum Gasteiger partial charge on any atom is 0.305 e. The van der Waals surface area contributed by atoms with Gasteiger partial charge in [-0.25, -0.2) is 0 Å². The Hall–Kier alpha value is -2.02. The highest BCUT2D eigenvalue weighted by molar-refractivity contribution is 6.02. The minimum Gasteiger partial charge on any atom is -0.469 e. The number of carbonyl (C=O) groups excluding carboxylic acids is 3. The van der Waals surface area contributed by atoms with Crippen LogP contribution in [0.5, 0.6) is 0 Å². The first-order chi connectivity index (χ1) is 13.2. The van der Waals surface area contributed by atoms with E-state index in [1.54, 1.807) is 12.1 Å². The van der Waals surface area contributed by atoms with Gasteiger partial charge < -0.3 is 24.2 Å². The Balaban J connectivity index is 2.38. The number of nitrogens with zero attached hydrogens (tertiary/aromatic N) is 1. The van der Waals surface area contributed by atoms with E-state index in [4.69, 9.17) is 14.6 Å². The molecule has 1 heterocycles. The molecule has 148 valence electrons. The molecule has 1 aromatic carbocycles. The van der Waals surface area contributed by atoms with Crippen LogP contribution < -0.4 is 5.73 Å². The van der Waals surface area contributed by atoms with Gasteiger partial charge in [-0.15, -0.1) is 0 Å². The standard InChI is InChI=1S/C18H22N2O6Si2/c1-18(2,17(25-27)26-28)12-6-4-5-10-11(12)9-20(16(10)23)13(15(19)22)7-8-14(21)24-3/h4-6,13,17H,7-9H2,1-3H3,(H2,19,22). The molecule has 1 aliphatic heterocycles. The highest BCUT2D eigenvalue weighted by Crippen LogP contribution is 2.37. The Morgan fingerprint density at radius 1 is 1.29 bits per heavy atom. The molecule has 1 unspecified atom stereocenters. The summed E-state index contributed by atoms with van der Waals surface area (Å²) in [5.74, 6) is -1.45. The number of rotatable bonds is 9. The van der Waals surface area contributed by atoms with Crippen LogP contribution in [0.2, 0.25) is 0 Å². The van der Waals surface area contributed by atoms with E-state index in [1.807, 2.05) is 19.9 Å². The Morgan fingerprint density at radius 2 is 1.93 bits per heavy atom. The number of hydrogen-bond donors (Lipinski definition) is 1. The average molecular weight is 419 g/mol. The van der Waals surface area contributed by atoms with E-state index in [1.165, 1.54) is 12.0 Å². The molecule has 0 aliphatic carbocycles. The summed E-state index contributed by atoms with van der Waals surface area (Å²) >= 11 is 0. The van der Waals surface area contributed by atoms with Gasteiger partial charge in [-0.05, 0) is 23.6 Å². The third-order valence-corrected chi connectivity index (χ3v) is 5.48. The van der Waals surface area contributed by atoms with E-state index in [0.717, 1.165) is 11.1 Å². The number of fused-ring (bicyclic) bond motifs is 1. The molecule has 1 aliphatic rings. The molecule has 0 aromatic heterocycles. The van der Waals surface area contributed by atoms with Gasteiger partial charge in [-0.1, -0.05) is 26.0 Å². The molecule has 0 saturated heterocycles. The molecule has 6 radical (unpaired) electrons. The number of ether oxygens (including phenoxy) is 1. The Morgan fingerprint density at radius 3 is 2.46 bits per heavy atom. The Kier molecular flexibility index (Phi) is 7.15. The van der Waals surface area contributed by atoms with Crippen LogP contribution in [-0.2, 0) is 35.1 Å². The monoisotopic (exact) mass is 418 g/mol. The van der Waals surface area contributed by atoms with Gasteiger partial charge in [0.1, 0.15) is 12.3 Å². The molecule has 2 N–H and O–H groups in total. The van der Waals surface area contributed by atoms with Crippen LogP contribution in [0.1, 0.15) is 48.2 Å². The summed E-state index contributed by atoms with van der Waals surface area (Å²) < 4.78 is 15.0. The van der Waals surface area contributed by atoms with Gasteiger partial charge in [-0.2, -0.15) is 0 Å². The lowest BCUT2D eigenvalue weighted by Gasteiger charge is -2.34. The SMILES string of the molecule is COC(=O)CCC(C(N)=O)N1Cc2c(cccc2C(C)(C)C(O[Si])O[Si])C1=O. The topological polar surface area (TPSA) is 108 Å². The summed E-state index contributed by atoms with van der Waals surface area (Å²) in [6.45, 7) is 4.01. The molecule has 1 aromatic rings. The van der Waals surface area contributed by atoms with Crippen molar-refractivity contribution in [3.05, 3.63) is 34.9 Å². The van der Waals surface area contributed by atoms with Crippen molar-refractivity contribution < 1.29 is 28.0 Å². The van der Waals surface area contributed by atoms with Crippen molar-refractivity contribution in [1.29, 1.82) is 0 Å². The van der Waals surface area contributed by atoms with Gasteiger partial charge in [0.15, 0.2) is 0 Å². The molecule has 2 amide bonds. The minimum atomic E-state index is -0.912. The molecule has 28 heavy (non-hydrogen) atoms. The van der Waals surface area contributed by atoms with Crippen molar-refractivity contribution in [2.75, 3.05) is 7.11 Å². The molecule has 0 fully saturated rings. The van der Waals surface area contributed by atoms with Crippen LogP contribution in [0.4, 0.5) is 0 Å². The third-order valence-electron chi connectivity index (χ3n) is 5.05. The Bertz CT molecular complexity index is 766. The molecular formula is C18H22N2O6Si2. The fourth-order valence-corrected chi connectivity index (χ4v) is 4.25. The number of methoxy groups -OCH3 is 1. The lowest BCUT2D eigenvalue weighted by atomic mass is 9.80. The number of hydrogen-bond acceptors (Lipinski definition) is 6. The van der Waals surface area contributed by atoms with Gasteiger partial charge >= 0.3 is 5.97 Å². The van der Waals surface area contributed by atoms with Gasteiger partial charge in [-0.3, -0.25) is 14.4 Å². The molecule has 0 saturated carbocycles. The first kappa shape index (κ1) is 22.3. The zero-order valence-electron chi connectivity index (χ0n) is 16.0. The lowest BCUT2D eigenvalue weighted by Crippen LogP contribution is -2.45. The predicted molar refractivity (Wildman–Crippen MR) is 101 cm³/mol. The zero-order chi connectivity index (χ0) is 21.1. The average Bonchev–Trinajstić information content (AvgIpc) is 2.98. The van der Waals surface area contributed by atoms with Crippen molar-refractivity contribution in [3.63, 3.8) is 0 Å². The number of primary amides is 1. The van der Waals surface area contributed by atoms with Gasteiger partial charge in [0, 0.05) is 23.9 Å². The molecule has 10 heteroatoms. The summed E-state index contributed by atoms with van der Waals surface area (Å²) in [4.78, 5) is 37.8. The first-order valence-electron chi connectivity index (χ1n) is 8.63. The van der Waals surface area contributed by atoms with Gasteiger partial charge in [0.25, 0.3) is 5.91 Å². The summed E-state index contributed by atoms with van der Waals surface area (Å²) in [5, 5.41) is 0. The number of amides is 2. The second-order valence-corrected chi connectivity index (χ2v) is 7.56.